The number of halogens is 1. The van der Waals surface area contributed by atoms with Crippen molar-refractivity contribution < 1.29 is 9.18 Å². The molecule has 0 radical (unpaired) electrons. The maximum absolute atomic E-state index is 13.4. The molecule has 4 rings (SSSR count). The van der Waals surface area contributed by atoms with Crippen molar-refractivity contribution >= 4 is 11.7 Å². The van der Waals surface area contributed by atoms with E-state index in [2.05, 4.69) is 10.2 Å². The summed E-state index contributed by atoms with van der Waals surface area (Å²) in [6.07, 6.45) is 2.94. The van der Waals surface area contributed by atoms with Gasteiger partial charge in [-0.15, -0.1) is 0 Å². The summed E-state index contributed by atoms with van der Waals surface area (Å²) in [5.41, 5.74) is 2.82. The predicted octanol–water partition coefficient (Wildman–Crippen LogP) is 4.04. The molecule has 0 atom stereocenters. The topological polar surface area (TPSA) is 50.2 Å². The van der Waals surface area contributed by atoms with Crippen molar-refractivity contribution in [1.82, 2.24) is 14.7 Å². The largest absolute Gasteiger partial charge is 0.309 e. The Bertz CT molecular complexity index is 846. The molecule has 1 aromatic heterocycles. The highest BCUT2D eigenvalue weighted by Crippen LogP contribution is 2.37. The van der Waals surface area contributed by atoms with Crippen molar-refractivity contribution in [2.45, 2.75) is 59.2 Å². The highest BCUT2D eigenvalue weighted by molar-refractivity contribution is 5.95. The lowest BCUT2D eigenvalue weighted by Crippen LogP contribution is -2.35. The van der Waals surface area contributed by atoms with Gasteiger partial charge in [-0.25, -0.2) is 4.39 Å². The van der Waals surface area contributed by atoms with E-state index >= 15 is 0 Å². The third-order valence-electron chi connectivity index (χ3n) is 5.15. The first kappa shape index (κ1) is 18.2. The molecular formula is C21H27FN4O. The Labute approximate surface area is 159 Å². The molecule has 1 aliphatic carbocycles. The quantitative estimate of drug-likeness (QED) is 0.884. The minimum atomic E-state index is -0.266. The van der Waals surface area contributed by atoms with Crippen LogP contribution in [0.3, 0.4) is 0 Å². The number of anilines is 1. The summed E-state index contributed by atoms with van der Waals surface area (Å²) in [5.74, 6) is 0.279. The fourth-order valence-electron chi connectivity index (χ4n) is 3.75. The number of nitrogens with zero attached hydrogens (tertiary/aromatic N) is 3. The van der Waals surface area contributed by atoms with Crippen LogP contribution < -0.4 is 5.32 Å². The number of aromatic nitrogens is 2. The number of fused-ring (bicyclic) bond motifs is 1. The normalized spacial score (nSPS) is 17.6. The zero-order valence-electron chi connectivity index (χ0n) is 16.3. The van der Waals surface area contributed by atoms with Crippen molar-refractivity contribution in [3.63, 3.8) is 0 Å². The number of benzene rings is 1. The molecule has 144 valence electrons. The molecule has 1 aromatic carbocycles. The van der Waals surface area contributed by atoms with Crippen LogP contribution in [-0.2, 0) is 17.9 Å². The second kappa shape index (κ2) is 6.75. The monoisotopic (exact) mass is 370 g/mol. The molecule has 0 saturated heterocycles. The molecule has 1 amide bonds. The van der Waals surface area contributed by atoms with Gasteiger partial charge in [-0.05, 0) is 36.0 Å². The van der Waals surface area contributed by atoms with Crippen LogP contribution in [0.2, 0.25) is 0 Å². The van der Waals surface area contributed by atoms with Gasteiger partial charge in [0.25, 0.3) is 0 Å². The molecule has 0 spiro atoms. The predicted molar refractivity (Wildman–Crippen MR) is 104 cm³/mol. The van der Waals surface area contributed by atoms with Gasteiger partial charge in [-0.3, -0.25) is 14.4 Å². The zero-order chi connectivity index (χ0) is 19.2. The van der Waals surface area contributed by atoms with Crippen LogP contribution in [0, 0.1) is 11.2 Å². The number of rotatable bonds is 4. The smallest absolute Gasteiger partial charge is 0.226 e. The fourth-order valence-corrected chi connectivity index (χ4v) is 3.75. The van der Waals surface area contributed by atoms with Crippen LogP contribution in [0.4, 0.5) is 10.2 Å². The molecule has 27 heavy (non-hydrogen) atoms. The molecule has 2 heterocycles. The Hall–Kier alpha value is -2.21. The van der Waals surface area contributed by atoms with Gasteiger partial charge >= 0.3 is 0 Å². The number of hydrogen-bond acceptors (Lipinski definition) is 3. The summed E-state index contributed by atoms with van der Waals surface area (Å²) >= 11 is 0. The van der Waals surface area contributed by atoms with Crippen LogP contribution in [-0.4, -0.2) is 33.2 Å². The average Bonchev–Trinajstić information content (AvgIpc) is 3.36. The molecule has 5 nitrogen and oxygen atoms in total. The minimum Gasteiger partial charge on any atom is -0.309 e. The number of hydrogen-bond donors (Lipinski definition) is 1. The lowest BCUT2D eigenvalue weighted by Gasteiger charge is -2.28. The van der Waals surface area contributed by atoms with E-state index in [0.29, 0.717) is 18.3 Å². The van der Waals surface area contributed by atoms with Crippen molar-refractivity contribution in [2.24, 2.45) is 5.41 Å². The van der Waals surface area contributed by atoms with Crippen molar-refractivity contribution in [3.05, 3.63) is 35.8 Å². The van der Waals surface area contributed by atoms with Crippen LogP contribution in [0.25, 0.3) is 11.1 Å². The molecule has 2 aromatic rings. The molecule has 1 fully saturated rings. The highest BCUT2D eigenvalue weighted by atomic mass is 19.1. The Morgan fingerprint density at radius 2 is 1.93 bits per heavy atom. The number of amides is 1. The molecular weight excluding hydrogens is 343 g/mol. The van der Waals surface area contributed by atoms with Gasteiger partial charge < -0.3 is 5.32 Å². The summed E-state index contributed by atoms with van der Waals surface area (Å²) < 4.78 is 15.4. The van der Waals surface area contributed by atoms with E-state index in [9.17, 15) is 9.18 Å². The molecule has 2 aliphatic rings. The Morgan fingerprint density at radius 1 is 1.22 bits per heavy atom. The van der Waals surface area contributed by atoms with E-state index in [1.807, 2.05) is 25.5 Å². The van der Waals surface area contributed by atoms with E-state index in [1.54, 1.807) is 12.1 Å². The van der Waals surface area contributed by atoms with Gasteiger partial charge in [0.1, 0.15) is 5.82 Å². The first-order valence-electron chi connectivity index (χ1n) is 9.70. The summed E-state index contributed by atoms with van der Waals surface area (Å²) in [6, 6.07) is 7.13. The van der Waals surface area contributed by atoms with Gasteiger partial charge in [0.2, 0.25) is 5.91 Å². The second-order valence-corrected chi connectivity index (χ2v) is 8.89. The van der Waals surface area contributed by atoms with Crippen LogP contribution in [0.1, 0.15) is 45.7 Å². The van der Waals surface area contributed by atoms with Gasteiger partial charge in [-0.2, -0.15) is 5.10 Å². The van der Waals surface area contributed by atoms with E-state index in [-0.39, 0.29) is 17.1 Å². The molecule has 1 aliphatic heterocycles. The number of carbonyl (C=O) groups is 1. The van der Waals surface area contributed by atoms with Gasteiger partial charge in [0.05, 0.1) is 12.2 Å². The van der Waals surface area contributed by atoms with E-state index in [1.165, 1.54) is 25.0 Å². The summed E-state index contributed by atoms with van der Waals surface area (Å²) in [7, 11) is 0. The second-order valence-electron chi connectivity index (χ2n) is 8.89. The lowest BCUT2D eigenvalue weighted by atomic mass is 9.92. The lowest BCUT2D eigenvalue weighted by molar-refractivity contribution is -0.117. The summed E-state index contributed by atoms with van der Waals surface area (Å²) in [4.78, 5) is 15.0. The van der Waals surface area contributed by atoms with Gasteiger partial charge in [0, 0.05) is 31.1 Å². The highest BCUT2D eigenvalue weighted by Gasteiger charge is 2.34. The Balaban J connectivity index is 1.69. The van der Waals surface area contributed by atoms with Crippen LogP contribution in [0.15, 0.2) is 24.3 Å². The maximum atomic E-state index is 13.4. The molecule has 0 bridgehead atoms. The average molecular weight is 370 g/mol. The Morgan fingerprint density at radius 3 is 2.56 bits per heavy atom. The summed E-state index contributed by atoms with van der Waals surface area (Å²) in [6.45, 7) is 8.74. The van der Waals surface area contributed by atoms with Crippen molar-refractivity contribution in [3.8, 4) is 11.1 Å². The van der Waals surface area contributed by atoms with Gasteiger partial charge in [0.15, 0.2) is 5.82 Å². The third-order valence-corrected chi connectivity index (χ3v) is 5.15. The van der Waals surface area contributed by atoms with Crippen LogP contribution in [0.5, 0.6) is 0 Å². The minimum absolute atomic E-state index is 0.0413. The van der Waals surface area contributed by atoms with E-state index in [4.69, 9.17) is 5.10 Å². The van der Waals surface area contributed by atoms with E-state index in [0.717, 1.165) is 36.5 Å². The maximum Gasteiger partial charge on any atom is 0.226 e. The number of nitrogens with one attached hydrogen (secondary N) is 1. The molecule has 1 N–H and O–H groups in total. The molecule has 6 heteroatoms. The zero-order valence-corrected chi connectivity index (χ0v) is 16.3. The fraction of sp³-hybridized carbons (Fsp3) is 0.524. The molecule has 1 saturated carbocycles. The number of carbonyl (C=O) groups excluding carboxylic acids is 1. The first-order chi connectivity index (χ1) is 12.8. The third kappa shape index (κ3) is 4.05. The SMILES string of the molecule is CC(C)(C)CC(=O)Nc1nn2c(c1-c1ccc(F)cc1)CN(C1CC1)CC2. The first-order valence-corrected chi connectivity index (χ1v) is 9.70. The Kier molecular flexibility index (Phi) is 4.54. The van der Waals surface area contributed by atoms with E-state index < -0.39 is 0 Å². The molecule has 0 unspecified atom stereocenters. The van der Waals surface area contributed by atoms with Crippen molar-refractivity contribution in [2.75, 3.05) is 11.9 Å². The van der Waals surface area contributed by atoms with Gasteiger partial charge in [-0.1, -0.05) is 32.9 Å². The standard InChI is InChI=1S/C21H27FN4O/c1-21(2,3)12-18(27)23-20-19(14-4-6-15(22)7-5-14)17-13-25(16-8-9-16)10-11-26(17)24-20/h4-7,16H,8-13H2,1-3H3,(H,23,24,27). The van der Waals surface area contributed by atoms with Crippen LogP contribution >= 0.6 is 0 Å². The van der Waals surface area contributed by atoms with Crippen molar-refractivity contribution in [1.29, 1.82) is 0 Å². The summed E-state index contributed by atoms with van der Waals surface area (Å²) in [5, 5.41) is 7.71.